The standard InChI is InChI=1S/C16H19NO/c1-2-10-17(11-3-1)13-14-6-8-15(9-7-14)16-5-4-12-18-16/h4-9,12H,1-3,10-11,13H2. The number of nitrogens with zero attached hydrogens (tertiary/aromatic N) is 1. The molecule has 0 unspecified atom stereocenters. The predicted octanol–water partition coefficient (Wildman–Crippen LogP) is 3.93. The number of hydrogen-bond acceptors (Lipinski definition) is 2. The lowest BCUT2D eigenvalue weighted by molar-refractivity contribution is 0.221. The fourth-order valence-corrected chi connectivity index (χ4v) is 2.59. The minimum absolute atomic E-state index is 0.944. The van der Waals surface area contributed by atoms with E-state index in [1.807, 2.05) is 12.1 Å². The fraction of sp³-hybridized carbons (Fsp3) is 0.375. The van der Waals surface area contributed by atoms with Gasteiger partial charge < -0.3 is 4.42 Å². The molecule has 0 amide bonds. The maximum Gasteiger partial charge on any atom is 0.133 e. The van der Waals surface area contributed by atoms with E-state index in [-0.39, 0.29) is 0 Å². The Morgan fingerprint density at radius 2 is 1.72 bits per heavy atom. The van der Waals surface area contributed by atoms with Crippen molar-refractivity contribution in [3.05, 3.63) is 48.2 Å². The molecule has 3 rings (SSSR count). The molecule has 0 N–H and O–H groups in total. The lowest BCUT2D eigenvalue weighted by Gasteiger charge is -2.26. The van der Waals surface area contributed by atoms with Gasteiger partial charge in [-0.1, -0.05) is 30.7 Å². The van der Waals surface area contributed by atoms with E-state index in [2.05, 4.69) is 29.2 Å². The Bertz CT molecular complexity index is 466. The van der Waals surface area contributed by atoms with Gasteiger partial charge in [-0.3, -0.25) is 4.90 Å². The van der Waals surface area contributed by atoms with E-state index >= 15 is 0 Å². The number of furan rings is 1. The molecular weight excluding hydrogens is 222 g/mol. The van der Waals surface area contributed by atoms with Gasteiger partial charge in [-0.05, 0) is 43.6 Å². The zero-order valence-corrected chi connectivity index (χ0v) is 10.6. The van der Waals surface area contributed by atoms with Gasteiger partial charge in [0.15, 0.2) is 0 Å². The van der Waals surface area contributed by atoms with Crippen LogP contribution in [0.4, 0.5) is 0 Å². The highest BCUT2D eigenvalue weighted by Gasteiger charge is 2.10. The molecule has 1 aliphatic heterocycles. The first-order valence-electron chi connectivity index (χ1n) is 6.77. The van der Waals surface area contributed by atoms with Crippen molar-refractivity contribution in [1.82, 2.24) is 4.90 Å². The Morgan fingerprint density at radius 1 is 0.944 bits per heavy atom. The number of piperidine rings is 1. The third-order valence-corrected chi connectivity index (χ3v) is 3.61. The summed E-state index contributed by atoms with van der Waals surface area (Å²) in [7, 11) is 0. The van der Waals surface area contributed by atoms with Crippen LogP contribution >= 0.6 is 0 Å². The fourth-order valence-electron chi connectivity index (χ4n) is 2.59. The highest BCUT2D eigenvalue weighted by molar-refractivity contribution is 5.57. The van der Waals surface area contributed by atoms with Gasteiger partial charge in [-0.15, -0.1) is 0 Å². The predicted molar refractivity (Wildman–Crippen MR) is 73.3 cm³/mol. The van der Waals surface area contributed by atoms with Crippen molar-refractivity contribution in [2.75, 3.05) is 13.1 Å². The van der Waals surface area contributed by atoms with Crippen molar-refractivity contribution >= 4 is 0 Å². The van der Waals surface area contributed by atoms with Crippen molar-refractivity contribution in [2.45, 2.75) is 25.8 Å². The Balaban J connectivity index is 1.67. The van der Waals surface area contributed by atoms with Crippen LogP contribution < -0.4 is 0 Å². The van der Waals surface area contributed by atoms with E-state index in [0.717, 1.165) is 17.9 Å². The smallest absolute Gasteiger partial charge is 0.133 e. The molecule has 1 fully saturated rings. The van der Waals surface area contributed by atoms with E-state index in [1.165, 1.54) is 37.9 Å². The molecule has 2 heteroatoms. The summed E-state index contributed by atoms with van der Waals surface area (Å²) >= 11 is 0. The molecule has 0 bridgehead atoms. The van der Waals surface area contributed by atoms with E-state index < -0.39 is 0 Å². The van der Waals surface area contributed by atoms with Crippen molar-refractivity contribution in [3.63, 3.8) is 0 Å². The lowest BCUT2D eigenvalue weighted by Crippen LogP contribution is -2.28. The third-order valence-electron chi connectivity index (χ3n) is 3.61. The topological polar surface area (TPSA) is 16.4 Å². The van der Waals surface area contributed by atoms with E-state index in [4.69, 9.17) is 4.42 Å². The average molecular weight is 241 g/mol. The molecule has 2 aromatic rings. The number of likely N-dealkylation sites (tertiary alicyclic amines) is 1. The first kappa shape index (κ1) is 11.5. The van der Waals surface area contributed by atoms with Crippen LogP contribution in [0.3, 0.4) is 0 Å². The quantitative estimate of drug-likeness (QED) is 0.809. The van der Waals surface area contributed by atoms with Gasteiger partial charge >= 0.3 is 0 Å². The maximum atomic E-state index is 5.40. The summed E-state index contributed by atoms with van der Waals surface area (Å²) in [5.41, 5.74) is 2.55. The van der Waals surface area contributed by atoms with Crippen LogP contribution in [0.5, 0.6) is 0 Å². The molecule has 2 heterocycles. The molecule has 1 aliphatic rings. The molecule has 2 nitrogen and oxygen atoms in total. The van der Waals surface area contributed by atoms with Crippen molar-refractivity contribution in [3.8, 4) is 11.3 Å². The Hall–Kier alpha value is -1.54. The Kier molecular flexibility index (Phi) is 3.47. The van der Waals surface area contributed by atoms with Crippen LogP contribution in [0.25, 0.3) is 11.3 Å². The average Bonchev–Trinajstić information content (AvgIpc) is 2.95. The normalized spacial score (nSPS) is 16.9. The molecule has 18 heavy (non-hydrogen) atoms. The summed E-state index contributed by atoms with van der Waals surface area (Å²) in [4.78, 5) is 2.55. The lowest BCUT2D eigenvalue weighted by atomic mass is 10.1. The van der Waals surface area contributed by atoms with E-state index in [9.17, 15) is 0 Å². The van der Waals surface area contributed by atoms with Gasteiger partial charge in [0, 0.05) is 12.1 Å². The number of hydrogen-bond donors (Lipinski definition) is 0. The molecule has 94 valence electrons. The van der Waals surface area contributed by atoms with Gasteiger partial charge in [-0.25, -0.2) is 0 Å². The van der Waals surface area contributed by atoms with Gasteiger partial charge in [0.2, 0.25) is 0 Å². The van der Waals surface area contributed by atoms with Crippen LogP contribution in [-0.4, -0.2) is 18.0 Å². The van der Waals surface area contributed by atoms with Gasteiger partial charge in [-0.2, -0.15) is 0 Å². The minimum Gasteiger partial charge on any atom is -0.464 e. The second-order valence-corrected chi connectivity index (χ2v) is 5.01. The first-order valence-corrected chi connectivity index (χ1v) is 6.77. The summed E-state index contributed by atoms with van der Waals surface area (Å²) in [6.45, 7) is 3.58. The maximum absolute atomic E-state index is 5.40. The van der Waals surface area contributed by atoms with Gasteiger partial charge in [0.05, 0.1) is 6.26 Å². The molecule has 1 aromatic carbocycles. The summed E-state index contributed by atoms with van der Waals surface area (Å²) in [5, 5.41) is 0. The minimum atomic E-state index is 0.944. The third kappa shape index (κ3) is 2.65. The van der Waals surface area contributed by atoms with Crippen LogP contribution in [0.1, 0.15) is 24.8 Å². The molecule has 1 saturated heterocycles. The van der Waals surface area contributed by atoms with Gasteiger partial charge in [0.1, 0.15) is 5.76 Å². The molecule has 0 spiro atoms. The SMILES string of the molecule is c1coc(-c2ccc(CN3CCCCC3)cc2)c1. The van der Waals surface area contributed by atoms with Gasteiger partial charge in [0.25, 0.3) is 0 Å². The Labute approximate surface area is 108 Å². The van der Waals surface area contributed by atoms with Crippen molar-refractivity contribution < 1.29 is 4.42 Å². The molecule has 0 atom stereocenters. The summed E-state index contributed by atoms with van der Waals surface area (Å²) < 4.78 is 5.40. The van der Waals surface area contributed by atoms with Crippen molar-refractivity contribution in [2.24, 2.45) is 0 Å². The van der Waals surface area contributed by atoms with Crippen molar-refractivity contribution in [1.29, 1.82) is 0 Å². The molecular formula is C16H19NO. The second kappa shape index (κ2) is 5.40. The monoisotopic (exact) mass is 241 g/mol. The highest BCUT2D eigenvalue weighted by Crippen LogP contribution is 2.21. The zero-order valence-electron chi connectivity index (χ0n) is 10.6. The first-order chi connectivity index (χ1) is 8.92. The number of rotatable bonds is 3. The second-order valence-electron chi connectivity index (χ2n) is 5.01. The highest BCUT2D eigenvalue weighted by atomic mass is 16.3. The summed E-state index contributed by atoms with van der Waals surface area (Å²) in [6, 6.07) is 12.7. The van der Waals surface area contributed by atoms with Crippen LogP contribution in [0.2, 0.25) is 0 Å². The van der Waals surface area contributed by atoms with E-state index in [1.54, 1.807) is 6.26 Å². The molecule has 0 saturated carbocycles. The Morgan fingerprint density at radius 3 is 2.39 bits per heavy atom. The number of benzene rings is 1. The summed E-state index contributed by atoms with van der Waals surface area (Å²) in [5.74, 6) is 0.944. The molecule has 0 radical (unpaired) electrons. The van der Waals surface area contributed by atoms with Crippen LogP contribution in [-0.2, 0) is 6.54 Å². The largest absolute Gasteiger partial charge is 0.464 e. The molecule has 0 aliphatic carbocycles. The molecule has 1 aromatic heterocycles. The van der Waals surface area contributed by atoms with Crippen LogP contribution in [0.15, 0.2) is 47.1 Å². The van der Waals surface area contributed by atoms with E-state index in [0.29, 0.717) is 0 Å². The summed E-state index contributed by atoms with van der Waals surface area (Å²) in [6.07, 6.45) is 5.82. The van der Waals surface area contributed by atoms with Crippen LogP contribution in [0, 0.1) is 0 Å². The zero-order chi connectivity index (χ0) is 12.2.